The van der Waals surface area contributed by atoms with Crippen molar-refractivity contribution >= 4 is 30.0 Å². The lowest BCUT2D eigenvalue weighted by atomic mass is 10.2. The Labute approximate surface area is 136 Å². The van der Waals surface area contributed by atoms with Gasteiger partial charge in [0.25, 0.3) is 0 Å². The normalized spacial score (nSPS) is 9.41. The molecule has 126 valence electrons. The average molecular weight is 330 g/mol. The third-order valence-electron chi connectivity index (χ3n) is 1.75. The highest BCUT2D eigenvalue weighted by Crippen LogP contribution is 2.13. The molecule has 1 aromatic rings. The lowest BCUT2D eigenvalue weighted by Crippen LogP contribution is -2.27. The van der Waals surface area contributed by atoms with E-state index in [-0.39, 0.29) is 0 Å². The van der Waals surface area contributed by atoms with Gasteiger partial charge in [-0.3, -0.25) is 4.79 Å². The second-order valence-corrected chi connectivity index (χ2v) is 5.34. The van der Waals surface area contributed by atoms with Gasteiger partial charge < -0.3 is 15.8 Å². The number of rotatable bonds is 3. The molecule has 0 atom stereocenters. The van der Waals surface area contributed by atoms with Gasteiger partial charge in [0.15, 0.2) is 11.4 Å². The van der Waals surface area contributed by atoms with Crippen LogP contribution in [0.25, 0.3) is 0 Å². The van der Waals surface area contributed by atoms with Crippen LogP contribution >= 0.6 is 11.8 Å². The van der Waals surface area contributed by atoms with Gasteiger partial charge in [-0.05, 0) is 27.0 Å². The summed E-state index contributed by atoms with van der Waals surface area (Å²) >= 11 is 1.44. The number of hydrogen-bond donors (Lipinski definition) is 2. The molecule has 1 heterocycles. The molecule has 1 amide bonds. The van der Waals surface area contributed by atoms with Crippen LogP contribution in [0.4, 0.5) is 10.6 Å². The third-order valence-corrected chi connectivity index (χ3v) is 2.31. The van der Waals surface area contributed by atoms with Crippen LogP contribution in [0.2, 0.25) is 0 Å². The molecule has 3 N–H and O–H groups in total. The van der Waals surface area contributed by atoms with Gasteiger partial charge in [-0.1, -0.05) is 25.6 Å². The van der Waals surface area contributed by atoms with Gasteiger partial charge >= 0.3 is 6.09 Å². The zero-order chi connectivity index (χ0) is 17.8. The summed E-state index contributed by atoms with van der Waals surface area (Å²) in [5.74, 6) is 0.573. The molecular formula is C14H26N4O3S. The highest BCUT2D eigenvalue weighted by molar-refractivity contribution is 7.98. The van der Waals surface area contributed by atoms with Gasteiger partial charge in [0.2, 0.25) is 0 Å². The molecule has 0 bridgehead atoms. The lowest BCUT2D eigenvalue weighted by molar-refractivity contribution is 0.0600. The monoisotopic (exact) mass is 330 g/mol. The molecule has 1 aromatic heterocycles. The van der Waals surface area contributed by atoms with Gasteiger partial charge in [0.1, 0.15) is 11.4 Å². The predicted molar refractivity (Wildman–Crippen MR) is 90.5 cm³/mol. The number of nitrogens with zero attached hydrogens (tertiary/aromatic N) is 2. The van der Waals surface area contributed by atoms with E-state index >= 15 is 0 Å². The number of carbonyl (C=O) groups is 2. The van der Waals surface area contributed by atoms with Crippen molar-refractivity contribution in [1.82, 2.24) is 9.97 Å². The second-order valence-electron chi connectivity index (χ2n) is 4.56. The van der Waals surface area contributed by atoms with Gasteiger partial charge in [-0.25, -0.2) is 14.8 Å². The minimum Gasteiger partial charge on any atom is -0.444 e. The maximum absolute atomic E-state index is 10.5. The number of nitrogens with one attached hydrogen (secondary N) is 1. The van der Waals surface area contributed by atoms with E-state index in [2.05, 4.69) is 20.0 Å². The Morgan fingerprint density at radius 3 is 2.23 bits per heavy atom. The first-order valence-corrected chi connectivity index (χ1v) is 7.98. The Bertz CT molecular complexity index is 462. The summed E-state index contributed by atoms with van der Waals surface area (Å²) in [6.07, 6.45) is 3.40. The Hall–Kier alpha value is -1.83. The Kier molecular flexibility index (Phi) is 12.0. The number of aromatic nitrogens is 2. The summed E-state index contributed by atoms with van der Waals surface area (Å²) in [5, 5.41) is 3.48. The van der Waals surface area contributed by atoms with E-state index in [4.69, 9.17) is 5.73 Å². The molecule has 1 rings (SSSR count). The molecule has 0 aromatic carbocycles. The van der Waals surface area contributed by atoms with Crippen molar-refractivity contribution in [2.45, 2.75) is 45.4 Å². The van der Waals surface area contributed by atoms with Crippen molar-refractivity contribution in [2.75, 3.05) is 18.6 Å². The van der Waals surface area contributed by atoms with Crippen molar-refractivity contribution in [3.05, 3.63) is 11.8 Å². The number of amides is 1. The van der Waals surface area contributed by atoms with Crippen LogP contribution in [0.1, 0.15) is 45.0 Å². The van der Waals surface area contributed by atoms with Crippen molar-refractivity contribution in [1.29, 1.82) is 0 Å². The van der Waals surface area contributed by atoms with Crippen molar-refractivity contribution < 1.29 is 14.3 Å². The number of hydrogen-bond acceptors (Lipinski definition) is 7. The number of nitrogens with two attached hydrogens (primary N) is 1. The third kappa shape index (κ3) is 10.9. The number of carbonyl (C=O) groups excluding carboxylic acids is 2. The SMILES string of the molecule is CC.CC(C)(C)OC(N)=O.CNc1nc(SC)ncc1C=O. The van der Waals surface area contributed by atoms with Crippen molar-refractivity contribution in [3.63, 3.8) is 0 Å². The van der Waals surface area contributed by atoms with Crippen LogP contribution in [0.5, 0.6) is 0 Å². The first-order chi connectivity index (χ1) is 10.2. The lowest BCUT2D eigenvalue weighted by Gasteiger charge is -2.16. The van der Waals surface area contributed by atoms with Crippen LogP contribution in [-0.2, 0) is 4.74 Å². The topological polar surface area (TPSA) is 107 Å². The molecule has 0 fully saturated rings. The first-order valence-electron chi connectivity index (χ1n) is 6.76. The molecule has 0 aliphatic rings. The van der Waals surface area contributed by atoms with E-state index in [0.29, 0.717) is 16.5 Å². The minimum atomic E-state index is -0.725. The molecule has 22 heavy (non-hydrogen) atoms. The standard InChI is InChI=1S/C7H9N3OS.C5H11NO2.C2H6/c1-8-6-5(4-11)3-9-7(10-6)12-2;1-5(2,3)8-4(6)7;1-2/h3-4H,1-2H3,(H,8,9,10);1-3H3,(H2,6,7);1-2H3. The summed E-state index contributed by atoms with van der Waals surface area (Å²) < 4.78 is 4.58. The molecule has 0 aliphatic heterocycles. The van der Waals surface area contributed by atoms with Crippen molar-refractivity contribution in [3.8, 4) is 0 Å². The number of ether oxygens (including phenoxy) is 1. The molecule has 0 aliphatic carbocycles. The fourth-order valence-corrected chi connectivity index (χ4v) is 1.40. The van der Waals surface area contributed by atoms with Crippen molar-refractivity contribution in [2.24, 2.45) is 5.73 Å². The molecule has 0 saturated carbocycles. The zero-order valence-electron chi connectivity index (χ0n) is 14.3. The maximum atomic E-state index is 10.5. The van der Waals surface area contributed by atoms with E-state index in [0.717, 1.165) is 6.29 Å². The fourth-order valence-electron chi connectivity index (χ4n) is 1.06. The quantitative estimate of drug-likeness (QED) is 0.498. The number of primary amides is 1. The first kappa shape index (κ1) is 22.5. The van der Waals surface area contributed by atoms with E-state index in [9.17, 15) is 9.59 Å². The molecule has 0 saturated heterocycles. The second kappa shape index (κ2) is 11.8. The number of aldehydes is 1. The van der Waals surface area contributed by atoms with Gasteiger partial charge in [-0.2, -0.15) is 0 Å². The largest absolute Gasteiger partial charge is 0.444 e. The summed E-state index contributed by atoms with van der Waals surface area (Å²) in [5.41, 5.74) is 4.75. The summed E-state index contributed by atoms with van der Waals surface area (Å²) in [6, 6.07) is 0. The highest BCUT2D eigenvalue weighted by atomic mass is 32.2. The van der Waals surface area contributed by atoms with Crippen LogP contribution in [0.3, 0.4) is 0 Å². The van der Waals surface area contributed by atoms with Crippen LogP contribution in [0.15, 0.2) is 11.4 Å². The van der Waals surface area contributed by atoms with Gasteiger partial charge in [0.05, 0.1) is 5.56 Å². The van der Waals surface area contributed by atoms with E-state index in [1.807, 2.05) is 20.1 Å². The zero-order valence-corrected chi connectivity index (χ0v) is 15.1. The summed E-state index contributed by atoms with van der Waals surface area (Å²) in [7, 11) is 1.72. The van der Waals surface area contributed by atoms with Crippen LogP contribution in [0, 0.1) is 0 Å². The van der Waals surface area contributed by atoms with E-state index < -0.39 is 11.7 Å². The molecule has 0 radical (unpaired) electrons. The van der Waals surface area contributed by atoms with E-state index in [1.54, 1.807) is 27.8 Å². The average Bonchev–Trinajstić information content (AvgIpc) is 2.46. The maximum Gasteiger partial charge on any atom is 0.405 e. The molecule has 8 heteroatoms. The highest BCUT2D eigenvalue weighted by Gasteiger charge is 2.12. The van der Waals surface area contributed by atoms with E-state index in [1.165, 1.54) is 18.0 Å². The summed E-state index contributed by atoms with van der Waals surface area (Å²) in [6.45, 7) is 9.28. The molecule has 0 spiro atoms. The fraction of sp³-hybridized carbons (Fsp3) is 0.571. The van der Waals surface area contributed by atoms with Gasteiger partial charge in [0, 0.05) is 13.2 Å². The predicted octanol–water partition coefficient (Wildman–Crippen LogP) is 2.96. The van der Waals surface area contributed by atoms with Crippen LogP contribution < -0.4 is 11.1 Å². The minimum absolute atomic E-state index is 0.453. The Balaban J connectivity index is 0. The molecule has 0 unspecified atom stereocenters. The smallest absolute Gasteiger partial charge is 0.405 e. The number of thioether (sulfide) groups is 1. The van der Waals surface area contributed by atoms with Crippen LogP contribution in [-0.4, -0.2) is 41.3 Å². The Morgan fingerprint density at radius 2 is 1.95 bits per heavy atom. The van der Waals surface area contributed by atoms with Gasteiger partial charge in [-0.15, -0.1) is 0 Å². The Morgan fingerprint density at radius 1 is 1.41 bits per heavy atom. The number of anilines is 1. The molecule has 7 nitrogen and oxygen atoms in total. The molecular weight excluding hydrogens is 304 g/mol. The summed E-state index contributed by atoms with van der Waals surface area (Å²) in [4.78, 5) is 28.5.